The Morgan fingerprint density at radius 3 is 2.62 bits per heavy atom. The normalized spacial score (nSPS) is 15.4. The number of piperazine rings is 1. The first-order valence-corrected chi connectivity index (χ1v) is 8.59. The van der Waals surface area contributed by atoms with Crippen LogP contribution in [0.15, 0.2) is 42.9 Å². The number of benzene rings is 1. The van der Waals surface area contributed by atoms with Gasteiger partial charge >= 0.3 is 0 Å². The van der Waals surface area contributed by atoms with Crippen LogP contribution in [0.2, 0.25) is 0 Å². The maximum atomic E-state index is 13.6. The molecule has 1 aliphatic rings. The smallest absolute Gasteiger partial charge is 0.212 e. The van der Waals surface area contributed by atoms with Crippen LogP contribution in [0.4, 0.5) is 10.2 Å². The van der Waals surface area contributed by atoms with Crippen LogP contribution in [0, 0.1) is 5.82 Å². The number of aromatic nitrogens is 3. The molecule has 134 valence electrons. The number of pyridine rings is 1. The minimum Gasteiger partial charge on any atom is -0.481 e. The number of halogens is 1. The minimum absolute atomic E-state index is 0.265. The number of anilines is 1. The molecule has 6 nitrogen and oxygen atoms in total. The van der Waals surface area contributed by atoms with Crippen LogP contribution in [0.3, 0.4) is 0 Å². The second-order valence-corrected chi connectivity index (χ2v) is 6.33. The summed E-state index contributed by atoms with van der Waals surface area (Å²) in [6.45, 7) is 4.35. The Balaban J connectivity index is 1.44. The Morgan fingerprint density at radius 1 is 1.04 bits per heavy atom. The molecule has 3 aromatic rings. The molecule has 0 aliphatic carbocycles. The third-order valence-electron chi connectivity index (χ3n) is 4.66. The summed E-state index contributed by atoms with van der Waals surface area (Å²) < 4.78 is 18.7. The van der Waals surface area contributed by atoms with Gasteiger partial charge < -0.3 is 9.64 Å². The van der Waals surface area contributed by atoms with Gasteiger partial charge in [0.1, 0.15) is 18.0 Å². The number of hydrogen-bond donors (Lipinski definition) is 0. The zero-order chi connectivity index (χ0) is 17.9. The predicted molar refractivity (Wildman–Crippen MR) is 97.8 cm³/mol. The fraction of sp³-hybridized carbons (Fsp3) is 0.316. The van der Waals surface area contributed by atoms with Crippen LogP contribution < -0.4 is 9.64 Å². The summed E-state index contributed by atoms with van der Waals surface area (Å²) in [4.78, 5) is 17.5. The fourth-order valence-corrected chi connectivity index (χ4v) is 3.27. The Bertz CT molecular complexity index is 894. The first-order valence-electron chi connectivity index (χ1n) is 8.59. The maximum absolute atomic E-state index is 13.6. The summed E-state index contributed by atoms with van der Waals surface area (Å²) in [6.07, 6.45) is 3.40. The molecule has 7 heteroatoms. The largest absolute Gasteiger partial charge is 0.481 e. The maximum Gasteiger partial charge on any atom is 0.212 e. The highest BCUT2D eigenvalue weighted by molar-refractivity contribution is 5.89. The second kappa shape index (κ2) is 7.21. The predicted octanol–water partition coefficient (Wildman–Crippen LogP) is 2.49. The lowest BCUT2D eigenvalue weighted by Gasteiger charge is -2.35. The van der Waals surface area contributed by atoms with Crippen molar-refractivity contribution in [3.63, 3.8) is 0 Å². The number of hydrogen-bond acceptors (Lipinski definition) is 6. The molecule has 4 rings (SSSR count). The van der Waals surface area contributed by atoms with Crippen LogP contribution in [0.25, 0.3) is 10.9 Å². The molecule has 0 saturated carbocycles. The van der Waals surface area contributed by atoms with Gasteiger partial charge in [-0.05, 0) is 23.8 Å². The molecule has 0 N–H and O–H groups in total. The highest BCUT2D eigenvalue weighted by Gasteiger charge is 2.20. The van der Waals surface area contributed by atoms with Crippen LogP contribution in [-0.2, 0) is 6.54 Å². The summed E-state index contributed by atoms with van der Waals surface area (Å²) >= 11 is 0. The highest BCUT2D eigenvalue weighted by Crippen LogP contribution is 2.25. The number of rotatable bonds is 4. The molecular weight excluding hydrogens is 333 g/mol. The third kappa shape index (κ3) is 3.43. The molecule has 0 unspecified atom stereocenters. The Hall–Kier alpha value is -2.80. The van der Waals surface area contributed by atoms with Crippen LogP contribution in [-0.4, -0.2) is 53.1 Å². The number of ether oxygens (including phenoxy) is 1. The standard InChI is InChI=1S/C19H20FN5O/c1-26-18-5-2-14(11-21-18)12-24-6-8-25(9-7-24)19-16-10-15(20)3-4-17(16)22-13-23-19/h2-5,10-11,13H,6-9,12H2,1H3. The van der Waals surface area contributed by atoms with E-state index in [4.69, 9.17) is 4.74 Å². The number of nitrogens with zero attached hydrogens (tertiary/aromatic N) is 5. The van der Waals surface area contributed by atoms with Gasteiger partial charge in [-0.2, -0.15) is 0 Å². The second-order valence-electron chi connectivity index (χ2n) is 6.33. The van der Waals surface area contributed by atoms with Gasteiger partial charge in [-0.1, -0.05) is 6.07 Å². The molecular formula is C19H20FN5O. The van der Waals surface area contributed by atoms with Gasteiger partial charge in [0.15, 0.2) is 0 Å². The van der Waals surface area contributed by atoms with Crippen molar-refractivity contribution < 1.29 is 9.13 Å². The van der Waals surface area contributed by atoms with E-state index in [2.05, 4.69) is 24.8 Å². The van der Waals surface area contributed by atoms with E-state index in [1.54, 1.807) is 19.5 Å². The Kier molecular flexibility index (Phi) is 4.62. The summed E-state index contributed by atoms with van der Waals surface area (Å²) in [5.41, 5.74) is 1.93. The van der Waals surface area contributed by atoms with Gasteiger partial charge in [-0.25, -0.2) is 19.3 Å². The van der Waals surface area contributed by atoms with E-state index in [0.717, 1.165) is 55.0 Å². The SMILES string of the molecule is COc1ccc(CN2CCN(c3ncnc4ccc(F)cc34)CC2)cn1. The molecule has 1 aliphatic heterocycles. The van der Waals surface area contributed by atoms with Crippen LogP contribution >= 0.6 is 0 Å². The van der Waals surface area contributed by atoms with Gasteiger partial charge in [0.05, 0.1) is 12.6 Å². The zero-order valence-corrected chi connectivity index (χ0v) is 14.6. The molecule has 0 atom stereocenters. The summed E-state index contributed by atoms with van der Waals surface area (Å²) in [6, 6.07) is 8.56. The molecule has 2 aromatic heterocycles. The number of methoxy groups -OCH3 is 1. The van der Waals surface area contributed by atoms with Crippen molar-refractivity contribution >= 4 is 16.7 Å². The van der Waals surface area contributed by atoms with Crippen LogP contribution in [0.1, 0.15) is 5.56 Å². The van der Waals surface area contributed by atoms with Crippen molar-refractivity contribution in [2.24, 2.45) is 0 Å². The van der Waals surface area contributed by atoms with Crippen molar-refractivity contribution in [2.75, 3.05) is 38.2 Å². The molecule has 0 radical (unpaired) electrons. The van der Waals surface area contributed by atoms with E-state index in [0.29, 0.717) is 5.88 Å². The lowest BCUT2D eigenvalue weighted by Crippen LogP contribution is -2.46. The summed E-state index contributed by atoms with van der Waals surface area (Å²) in [5.74, 6) is 1.17. The Morgan fingerprint density at radius 2 is 1.88 bits per heavy atom. The van der Waals surface area contributed by atoms with E-state index in [1.807, 2.05) is 18.3 Å². The topological polar surface area (TPSA) is 54.4 Å². The Labute approximate surface area is 151 Å². The van der Waals surface area contributed by atoms with E-state index in [-0.39, 0.29) is 5.82 Å². The van der Waals surface area contributed by atoms with Crippen molar-refractivity contribution in [3.05, 3.63) is 54.2 Å². The average molecular weight is 353 g/mol. The molecule has 0 spiro atoms. The number of fused-ring (bicyclic) bond motifs is 1. The molecule has 1 aromatic carbocycles. The lowest BCUT2D eigenvalue weighted by atomic mass is 10.2. The molecule has 1 saturated heterocycles. The van der Waals surface area contributed by atoms with Crippen molar-refractivity contribution in [1.29, 1.82) is 0 Å². The first kappa shape index (κ1) is 16.7. The quantitative estimate of drug-likeness (QED) is 0.718. The van der Waals surface area contributed by atoms with Gasteiger partial charge in [0.2, 0.25) is 5.88 Å². The van der Waals surface area contributed by atoms with Gasteiger partial charge in [-0.3, -0.25) is 4.90 Å². The molecule has 0 bridgehead atoms. The molecule has 3 heterocycles. The minimum atomic E-state index is -0.265. The van der Waals surface area contributed by atoms with E-state index in [1.165, 1.54) is 12.1 Å². The van der Waals surface area contributed by atoms with Gasteiger partial charge in [0, 0.05) is 50.4 Å². The zero-order valence-electron chi connectivity index (χ0n) is 14.6. The van der Waals surface area contributed by atoms with Crippen molar-refractivity contribution in [3.8, 4) is 5.88 Å². The van der Waals surface area contributed by atoms with E-state index in [9.17, 15) is 4.39 Å². The van der Waals surface area contributed by atoms with E-state index < -0.39 is 0 Å². The lowest BCUT2D eigenvalue weighted by molar-refractivity contribution is 0.249. The third-order valence-corrected chi connectivity index (χ3v) is 4.66. The van der Waals surface area contributed by atoms with Gasteiger partial charge in [-0.15, -0.1) is 0 Å². The van der Waals surface area contributed by atoms with Crippen LogP contribution in [0.5, 0.6) is 5.88 Å². The molecule has 26 heavy (non-hydrogen) atoms. The summed E-state index contributed by atoms with van der Waals surface area (Å²) in [5, 5.41) is 0.764. The van der Waals surface area contributed by atoms with Gasteiger partial charge in [0.25, 0.3) is 0 Å². The van der Waals surface area contributed by atoms with Crippen molar-refractivity contribution in [2.45, 2.75) is 6.54 Å². The fourth-order valence-electron chi connectivity index (χ4n) is 3.27. The molecule has 1 fully saturated rings. The summed E-state index contributed by atoms with van der Waals surface area (Å²) in [7, 11) is 1.62. The monoisotopic (exact) mass is 353 g/mol. The molecule has 0 amide bonds. The highest BCUT2D eigenvalue weighted by atomic mass is 19.1. The van der Waals surface area contributed by atoms with Crippen molar-refractivity contribution in [1.82, 2.24) is 19.9 Å². The average Bonchev–Trinajstić information content (AvgIpc) is 2.69. The first-order chi connectivity index (χ1) is 12.7. The van der Waals surface area contributed by atoms with E-state index >= 15 is 0 Å².